The Kier molecular flexibility index (Phi) is 7.42. The van der Waals surface area contributed by atoms with Crippen LogP contribution in [0.25, 0.3) is 0 Å². The van der Waals surface area contributed by atoms with Crippen LogP contribution in [-0.4, -0.2) is 40.2 Å². The number of nitrogens with one attached hydrogen (secondary N) is 1. The predicted octanol–water partition coefficient (Wildman–Crippen LogP) is 4.99. The van der Waals surface area contributed by atoms with Crippen molar-refractivity contribution in [1.29, 1.82) is 0 Å². The Hall–Kier alpha value is -2.84. The topological polar surface area (TPSA) is 64.6 Å². The van der Waals surface area contributed by atoms with Gasteiger partial charge in [-0.25, -0.2) is 26.0 Å². The molecule has 0 aliphatic carbocycles. The van der Waals surface area contributed by atoms with Gasteiger partial charge in [0, 0.05) is 18.2 Å². The van der Waals surface area contributed by atoms with Crippen molar-refractivity contribution in [1.82, 2.24) is 0 Å². The van der Waals surface area contributed by atoms with E-state index in [1.165, 1.54) is 0 Å². The molecule has 0 heterocycles. The zero-order chi connectivity index (χ0) is 24.3. The number of hydrogen-bond donors (Lipinski definition) is 1. The summed E-state index contributed by atoms with van der Waals surface area (Å²) >= 11 is 0. The van der Waals surface area contributed by atoms with Crippen LogP contribution in [0.2, 0.25) is 0 Å². The van der Waals surface area contributed by atoms with Crippen molar-refractivity contribution in [2.45, 2.75) is 23.4 Å². The van der Waals surface area contributed by atoms with E-state index in [1.54, 1.807) is 4.72 Å². The second-order valence-electron chi connectivity index (χ2n) is 6.13. The Morgan fingerprint density at radius 2 is 1.41 bits per heavy atom. The molecule has 0 saturated heterocycles. The number of halogens is 9. The molecule has 2 aromatic rings. The second kappa shape index (κ2) is 9.34. The van der Waals surface area contributed by atoms with Gasteiger partial charge in [0.25, 0.3) is 10.0 Å². The first kappa shape index (κ1) is 25.4. The molecule has 5 nitrogen and oxygen atoms in total. The van der Waals surface area contributed by atoms with Gasteiger partial charge in [-0.2, -0.15) is 22.0 Å². The van der Waals surface area contributed by atoms with E-state index in [1.807, 2.05) is 0 Å². The van der Waals surface area contributed by atoms with Crippen LogP contribution >= 0.6 is 0 Å². The SMILES string of the molecule is O=S(=O)(Nc1cc(OCC(F)(F)F)cc(OCC(F)(F)C(F)F)c1)c1ccc(F)c(F)c1. The average molecular weight is 497 g/mol. The molecule has 15 heteroatoms. The highest BCUT2D eigenvalue weighted by Crippen LogP contribution is 2.31. The Bertz CT molecular complexity index is 1060. The van der Waals surface area contributed by atoms with Crippen molar-refractivity contribution in [2.24, 2.45) is 0 Å². The summed E-state index contributed by atoms with van der Waals surface area (Å²) in [5, 5.41) is 0. The molecule has 2 rings (SSSR count). The first-order valence-corrected chi connectivity index (χ1v) is 9.69. The highest BCUT2D eigenvalue weighted by molar-refractivity contribution is 7.92. The van der Waals surface area contributed by atoms with Gasteiger partial charge in [-0.1, -0.05) is 0 Å². The smallest absolute Gasteiger partial charge is 0.422 e. The lowest BCUT2D eigenvalue weighted by Gasteiger charge is -2.18. The molecular formula is C17H12F9NO4S. The maximum Gasteiger partial charge on any atom is 0.422 e. The van der Waals surface area contributed by atoms with E-state index < -0.39 is 75.5 Å². The van der Waals surface area contributed by atoms with Crippen LogP contribution in [0.3, 0.4) is 0 Å². The van der Waals surface area contributed by atoms with Crippen LogP contribution < -0.4 is 14.2 Å². The lowest BCUT2D eigenvalue weighted by molar-refractivity contribution is -0.153. The van der Waals surface area contributed by atoms with Crippen LogP contribution in [-0.2, 0) is 10.0 Å². The fourth-order valence-corrected chi connectivity index (χ4v) is 3.11. The number of sulfonamides is 1. The van der Waals surface area contributed by atoms with Crippen molar-refractivity contribution in [2.75, 3.05) is 17.9 Å². The number of hydrogen-bond acceptors (Lipinski definition) is 4. The number of benzene rings is 2. The standard InChI is InChI=1S/C17H12F9NO4S/c18-13-2-1-12(6-14(13)19)32(28,29)27-9-3-10(30-7-16(22,23)15(20)21)5-11(4-9)31-8-17(24,25)26/h1-6,15,27H,7-8H2. The minimum atomic E-state index is -4.83. The molecule has 0 aliphatic heterocycles. The highest BCUT2D eigenvalue weighted by Gasteiger charge is 2.41. The van der Waals surface area contributed by atoms with Gasteiger partial charge in [0.2, 0.25) is 0 Å². The Balaban J connectivity index is 2.35. The van der Waals surface area contributed by atoms with Gasteiger partial charge in [-0.15, -0.1) is 0 Å². The van der Waals surface area contributed by atoms with E-state index in [0.717, 1.165) is 0 Å². The summed E-state index contributed by atoms with van der Waals surface area (Å²) in [6.07, 6.45) is -8.94. The molecule has 0 spiro atoms. The predicted molar refractivity (Wildman–Crippen MR) is 91.6 cm³/mol. The van der Waals surface area contributed by atoms with Crippen molar-refractivity contribution < 1.29 is 57.4 Å². The minimum Gasteiger partial charge on any atom is -0.487 e. The average Bonchev–Trinajstić information content (AvgIpc) is 2.66. The third kappa shape index (κ3) is 7.10. The first-order valence-electron chi connectivity index (χ1n) is 8.20. The molecule has 0 bridgehead atoms. The van der Waals surface area contributed by atoms with E-state index in [9.17, 15) is 47.9 Å². The number of ether oxygens (including phenoxy) is 2. The van der Waals surface area contributed by atoms with E-state index in [-0.39, 0.29) is 0 Å². The molecule has 0 radical (unpaired) electrons. The van der Waals surface area contributed by atoms with E-state index in [4.69, 9.17) is 0 Å². The van der Waals surface area contributed by atoms with Crippen LogP contribution in [0.15, 0.2) is 41.3 Å². The van der Waals surface area contributed by atoms with Crippen molar-refractivity contribution in [3.05, 3.63) is 48.0 Å². The summed E-state index contributed by atoms with van der Waals surface area (Å²) < 4.78 is 149. The van der Waals surface area contributed by atoms with Gasteiger partial charge in [0.1, 0.15) is 11.5 Å². The van der Waals surface area contributed by atoms with Gasteiger partial charge < -0.3 is 9.47 Å². The zero-order valence-corrected chi connectivity index (χ0v) is 16.2. The quantitative estimate of drug-likeness (QED) is 0.497. The van der Waals surface area contributed by atoms with Gasteiger partial charge in [-0.05, 0) is 18.2 Å². The molecule has 0 saturated carbocycles. The first-order chi connectivity index (χ1) is 14.6. The maximum absolute atomic E-state index is 13.3. The normalized spacial score (nSPS) is 12.7. The molecule has 0 amide bonds. The van der Waals surface area contributed by atoms with E-state index >= 15 is 0 Å². The number of rotatable bonds is 9. The Morgan fingerprint density at radius 3 is 1.91 bits per heavy atom. The van der Waals surface area contributed by atoms with E-state index in [0.29, 0.717) is 36.4 Å². The molecule has 0 unspecified atom stereocenters. The van der Waals surface area contributed by atoms with Crippen molar-refractivity contribution in [3.8, 4) is 11.5 Å². The monoisotopic (exact) mass is 497 g/mol. The van der Waals surface area contributed by atoms with Crippen LogP contribution in [0.4, 0.5) is 45.2 Å². The van der Waals surface area contributed by atoms with Gasteiger partial charge in [-0.3, -0.25) is 4.72 Å². The molecule has 0 aromatic heterocycles. The van der Waals surface area contributed by atoms with Crippen molar-refractivity contribution >= 4 is 15.7 Å². The summed E-state index contributed by atoms with van der Waals surface area (Å²) in [5.74, 6) is -8.96. The maximum atomic E-state index is 13.3. The van der Waals surface area contributed by atoms with E-state index in [2.05, 4.69) is 9.47 Å². The molecule has 2 aromatic carbocycles. The molecule has 0 aliphatic rings. The van der Waals surface area contributed by atoms with Crippen LogP contribution in [0.5, 0.6) is 11.5 Å². The molecular weight excluding hydrogens is 485 g/mol. The summed E-state index contributed by atoms with van der Waals surface area (Å²) in [6, 6.07) is 3.48. The summed E-state index contributed by atoms with van der Waals surface area (Å²) in [7, 11) is -4.64. The molecule has 32 heavy (non-hydrogen) atoms. The lowest BCUT2D eigenvalue weighted by atomic mass is 10.3. The van der Waals surface area contributed by atoms with Gasteiger partial charge >= 0.3 is 18.5 Å². The minimum absolute atomic E-state index is 0.308. The zero-order valence-electron chi connectivity index (χ0n) is 15.4. The largest absolute Gasteiger partial charge is 0.487 e. The summed E-state index contributed by atoms with van der Waals surface area (Å²) in [4.78, 5) is -0.787. The fraction of sp³-hybridized carbons (Fsp3) is 0.294. The van der Waals surface area contributed by atoms with Crippen LogP contribution in [0, 0.1) is 11.6 Å². The Morgan fingerprint density at radius 1 is 0.844 bits per heavy atom. The fourth-order valence-electron chi connectivity index (χ4n) is 2.06. The lowest BCUT2D eigenvalue weighted by Crippen LogP contribution is -2.33. The number of anilines is 1. The van der Waals surface area contributed by atoms with Gasteiger partial charge in [0.15, 0.2) is 24.8 Å². The Labute approximate surface area is 174 Å². The molecule has 178 valence electrons. The number of alkyl halides is 7. The highest BCUT2D eigenvalue weighted by atomic mass is 32.2. The second-order valence-corrected chi connectivity index (χ2v) is 7.81. The summed E-state index contributed by atoms with van der Waals surface area (Å²) in [5.41, 5.74) is -0.607. The molecule has 1 N–H and O–H groups in total. The molecule has 0 atom stereocenters. The van der Waals surface area contributed by atoms with Crippen molar-refractivity contribution in [3.63, 3.8) is 0 Å². The molecule has 0 fully saturated rings. The van der Waals surface area contributed by atoms with Crippen LogP contribution in [0.1, 0.15) is 0 Å². The third-order valence-electron chi connectivity index (χ3n) is 3.49. The van der Waals surface area contributed by atoms with Gasteiger partial charge in [0.05, 0.1) is 10.6 Å². The third-order valence-corrected chi connectivity index (χ3v) is 4.87. The summed E-state index contributed by atoms with van der Waals surface area (Å²) in [6.45, 7) is -3.75.